The van der Waals surface area contributed by atoms with E-state index in [-0.39, 0.29) is 5.91 Å². The van der Waals surface area contributed by atoms with Gasteiger partial charge in [-0.05, 0) is 55.9 Å². The van der Waals surface area contributed by atoms with Gasteiger partial charge in [0.2, 0.25) is 0 Å². The molecular weight excluding hydrogens is 236 g/mol. The zero-order valence-corrected chi connectivity index (χ0v) is 11.5. The Kier molecular flexibility index (Phi) is 3.45. The summed E-state index contributed by atoms with van der Waals surface area (Å²) in [6, 6.07) is 6.28. The van der Waals surface area contributed by atoms with E-state index in [1.807, 2.05) is 18.2 Å². The van der Waals surface area contributed by atoms with Gasteiger partial charge < -0.3 is 10.6 Å². The van der Waals surface area contributed by atoms with E-state index in [9.17, 15) is 4.79 Å². The largest absolute Gasteiger partial charge is 0.384 e. The molecule has 1 atom stereocenters. The van der Waals surface area contributed by atoms with E-state index in [4.69, 9.17) is 0 Å². The summed E-state index contributed by atoms with van der Waals surface area (Å²) in [5.74, 6) is 0.745. The highest BCUT2D eigenvalue weighted by Crippen LogP contribution is 2.28. The molecule has 1 aliphatic carbocycles. The molecule has 1 unspecified atom stereocenters. The van der Waals surface area contributed by atoms with Crippen molar-refractivity contribution in [2.24, 2.45) is 5.92 Å². The van der Waals surface area contributed by atoms with Crippen LogP contribution >= 0.6 is 0 Å². The normalized spacial score (nSPS) is 19.8. The maximum atomic E-state index is 12.3. The van der Waals surface area contributed by atoms with Gasteiger partial charge in [-0.15, -0.1) is 0 Å². The van der Waals surface area contributed by atoms with Gasteiger partial charge in [-0.25, -0.2) is 0 Å². The highest BCUT2D eigenvalue weighted by molar-refractivity contribution is 5.95. The molecule has 3 heteroatoms. The molecule has 1 fully saturated rings. The van der Waals surface area contributed by atoms with Crippen LogP contribution in [0.2, 0.25) is 0 Å². The summed E-state index contributed by atoms with van der Waals surface area (Å²) in [6.07, 6.45) is 6.17. The van der Waals surface area contributed by atoms with Crippen LogP contribution in [-0.4, -0.2) is 18.5 Å². The molecule has 19 heavy (non-hydrogen) atoms. The topological polar surface area (TPSA) is 41.1 Å². The highest BCUT2D eigenvalue weighted by atomic mass is 16.1. The van der Waals surface area contributed by atoms with E-state index in [0.29, 0.717) is 12.0 Å². The third kappa shape index (κ3) is 2.60. The molecule has 102 valence electrons. The van der Waals surface area contributed by atoms with Crippen LogP contribution in [0.5, 0.6) is 0 Å². The molecule has 1 heterocycles. The number of carbonyl (C=O) groups is 1. The average Bonchev–Trinajstić information content (AvgIpc) is 3.09. The number of hydrogen-bond acceptors (Lipinski definition) is 2. The van der Waals surface area contributed by atoms with Gasteiger partial charge >= 0.3 is 0 Å². The molecule has 1 saturated carbocycles. The number of hydrogen-bond donors (Lipinski definition) is 2. The standard InChI is InChI=1S/C16H22N2O/c1-11(12-4-2-3-5-12)18-16(19)14-6-7-15-13(10-14)8-9-17-15/h6-7,10-12,17H,2-5,8-9H2,1H3,(H,18,19). The minimum atomic E-state index is 0.0779. The number of anilines is 1. The van der Waals surface area contributed by atoms with E-state index >= 15 is 0 Å². The van der Waals surface area contributed by atoms with Crippen LogP contribution in [0, 0.1) is 5.92 Å². The summed E-state index contributed by atoms with van der Waals surface area (Å²) < 4.78 is 0. The molecule has 2 aliphatic rings. The number of fused-ring (bicyclic) bond motifs is 1. The lowest BCUT2D eigenvalue weighted by Gasteiger charge is -2.20. The monoisotopic (exact) mass is 258 g/mol. The summed E-state index contributed by atoms with van der Waals surface area (Å²) in [5, 5.41) is 6.49. The van der Waals surface area contributed by atoms with Gasteiger partial charge in [-0.1, -0.05) is 12.8 Å². The first-order valence-electron chi connectivity index (χ1n) is 7.42. The Hall–Kier alpha value is -1.51. The van der Waals surface area contributed by atoms with Crippen molar-refractivity contribution in [1.82, 2.24) is 5.32 Å². The summed E-state index contributed by atoms with van der Waals surface area (Å²) in [7, 11) is 0. The van der Waals surface area contributed by atoms with Crippen LogP contribution in [0.25, 0.3) is 0 Å². The summed E-state index contributed by atoms with van der Waals surface area (Å²) in [4.78, 5) is 12.3. The second kappa shape index (κ2) is 5.24. The van der Waals surface area contributed by atoms with E-state index in [2.05, 4.69) is 17.6 Å². The molecule has 0 aromatic heterocycles. The van der Waals surface area contributed by atoms with Crippen LogP contribution in [0.15, 0.2) is 18.2 Å². The highest BCUT2D eigenvalue weighted by Gasteiger charge is 2.23. The van der Waals surface area contributed by atoms with Crippen LogP contribution in [-0.2, 0) is 6.42 Å². The maximum Gasteiger partial charge on any atom is 0.251 e. The van der Waals surface area contributed by atoms with Crippen LogP contribution in [0.3, 0.4) is 0 Å². The Morgan fingerprint density at radius 2 is 2.16 bits per heavy atom. The van der Waals surface area contributed by atoms with Gasteiger partial charge in [-0.3, -0.25) is 4.79 Å². The van der Waals surface area contributed by atoms with Gasteiger partial charge in [0.05, 0.1) is 0 Å². The maximum absolute atomic E-state index is 12.3. The fourth-order valence-electron chi connectivity index (χ4n) is 3.31. The van der Waals surface area contributed by atoms with Crippen LogP contribution < -0.4 is 10.6 Å². The average molecular weight is 258 g/mol. The Balaban J connectivity index is 1.66. The third-order valence-corrected chi connectivity index (χ3v) is 4.54. The lowest BCUT2D eigenvalue weighted by Crippen LogP contribution is -2.37. The Morgan fingerprint density at radius 3 is 2.95 bits per heavy atom. The smallest absolute Gasteiger partial charge is 0.251 e. The van der Waals surface area contributed by atoms with Crippen molar-refractivity contribution >= 4 is 11.6 Å². The quantitative estimate of drug-likeness (QED) is 0.875. The minimum absolute atomic E-state index is 0.0779. The molecule has 1 amide bonds. The molecule has 3 rings (SSSR count). The molecule has 0 saturated heterocycles. The van der Waals surface area contributed by atoms with Gasteiger partial charge in [0.15, 0.2) is 0 Å². The van der Waals surface area contributed by atoms with Crippen molar-refractivity contribution < 1.29 is 4.79 Å². The molecule has 3 nitrogen and oxygen atoms in total. The van der Waals surface area contributed by atoms with E-state index < -0.39 is 0 Å². The Bertz CT molecular complexity index is 478. The molecule has 0 radical (unpaired) electrons. The lowest BCUT2D eigenvalue weighted by molar-refractivity contribution is 0.0927. The van der Waals surface area contributed by atoms with E-state index in [1.165, 1.54) is 36.9 Å². The van der Waals surface area contributed by atoms with Crippen molar-refractivity contribution in [2.45, 2.75) is 45.1 Å². The Morgan fingerprint density at radius 1 is 1.37 bits per heavy atom. The fourth-order valence-corrected chi connectivity index (χ4v) is 3.31. The number of carbonyl (C=O) groups excluding carboxylic acids is 1. The molecular formula is C16H22N2O. The first-order chi connectivity index (χ1) is 9.24. The van der Waals surface area contributed by atoms with E-state index in [0.717, 1.165) is 18.5 Å². The number of benzene rings is 1. The zero-order valence-electron chi connectivity index (χ0n) is 11.5. The van der Waals surface area contributed by atoms with Gasteiger partial charge in [0.25, 0.3) is 5.91 Å². The third-order valence-electron chi connectivity index (χ3n) is 4.54. The van der Waals surface area contributed by atoms with Crippen LogP contribution in [0.4, 0.5) is 5.69 Å². The number of nitrogens with one attached hydrogen (secondary N) is 2. The van der Waals surface area contributed by atoms with Gasteiger partial charge in [0, 0.05) is 23.8 Å². The van der Waals surface area contributed by atoms with Gasteiger partial charge in [-0.2, -0.15) is 0 Å². The van der Waals surface area contributed by atoms with Gasteiger partial charge in [0.1, 0.15) is 0 Å². The van der Waals surface area contributed by atoms with Crippen molar-refractivity contribution in [3.8, 4) is 0 Å². The fraction of sp³-hybridized carbons (Fsp3) is 0.562. The Labute approximate surface area is 114 Å². The van der Waals surface area contributed by atoms with Crippen molar-refractivity contribution in [2.75, 3.05) is 11.9 Å². The summed E-state index contributed by atoms with van der Waals surface area (Å²) in [6.45, 7) is 3.13. The molecule has 2 N–H and O–H groups in total. The predicted octanol–water partition coefficient (Wildman–Crippen LogP) is 2.96. The van der Waals surface area contributed by atoms with Crippen LogP contribution in [0.1, 0.15) is 48.5 Å². The number of rotatable bonds is 3. The minimum Gasteiger partial charge on any atom is -0.384 e. The lowest BCUT2D eigenvalue weighted by atomic mass is 9.99. The summed E-state index contributed by atoms with van der Waals surface area (Å²) in [5.41, 5.74) is 3.24. The molecule has 1 aromatic carbocycles. The predicted molar refractivity (Wildman–Crippen MR) is 77.5 cm³/mol. The molecule has 0 bridgehead atoms. The van der Waals surface area contributed by atoms with Crippen molar-refractivity contribution in [3.63, 3.8) is 0 Å². The van der Waals surface area contributed by atoms with Crippen molar-refractivity contribution in [1.29, 1.82) is 0 Å². The van der Waals surface area contributed by atoms with Crippen molar-refractivity contribution in [3.05, 3.63) is 29.3 Å². The second-order valence-corrected chi connectivity index (χ2v) is 5.86. The molecule has 0 spiro atoms. The first-order valence-corrected chi connectivity index (χ1v) is 7.42. The first kappa shape index (κ1) is 12.5. The SMILES string of the molecule is CC(NC(=O)c1ccc2c(c1)CCN2)C1CCCC1. The summed E-state index contributed by atoms with van der Waals surface area (Å²) >= 11 is 0. The molecule has 1 aromatic rings. The van der Waals surface area contributed by atoms with E-state index in [1.54, 1.807) is 0 Å². The second-order valence-electron chi connectivity index (χ2n) is 5.86. The number of amides is 1. The molecule has 1 aliphatic heterocycles. The zero-order chi connectivity index (χ0) is 13.2.